The third-order valence-corrected chi connectivity index (χ3v) is 3.49. The topological polar surface area (TPSA) is 60.0 Å². The lowest BCUT2D eigenvalue weighted by Crippen LogP contribution is -2.18. The molecule has 3 aromatic rings. The molecule has 21 heavy (non-hydrogen) atoms. The predicted octanol–water partition coefficient (Wildman–Crippen LogP) is 3.52. The number of hydrogen-bond acceptors (Lipinski definition) is 2. The number of halogens is 1. The normalized spacial score (nSPS) is 10.7. The van der Waals surface area contributed by atoms with Gasteiger partial charge < -0.3 is 15.6 Å². The summed E-state index contributed by atoms with van der Waals surface area (Å²) in [6, 6.07) is 14.6. The number of amides is 1. The summed E-state index contributed by atoms with van der Waals surface area (Å²) >= 11 is 5.81. The summed E-state index contributed by atoms with van der Waals surface area (Å²) in [7, 11) is 0. The van der Waals surface area contributed by atoms with Crippen molar-refractivity contribution in [3.05, 3.63) is 59.8 Å². The first-order valence-electron chi connectivity index (χ1n) is 6.51. The molecular weight excluding hydrogens is 286 g/mol. The third kappa shape index (κ3) is 3.01. The lowest BCUT2D eigenvalue weighted by Gasteiger charge is -2.08. The van der Waals surface area contributed by atoms with Crippen molar-refractivity contribution in [3.8, 4) is 0 Å². The molecule has 0 aliphatic rings. The molecule has 1 amide bonds. The van der Waals surface area contributed by atoms with Gasteiger partial charge in [0.1, 0.15) is 6.54 Å². The molecule has 0 unspecified atom stereocenters. The summed E-state index contributed by atoms with van der Waals surface area (Å²) in [4.78, 5) is 12.1. The van der Waals surface area contributed by atoms with Crippen molar-refractivity contribution in [2.45, 2.75) is 6.54 Å². The zero-order valence-electron chi connectivity index (χ0n) is 11.2. The van der Waals surface area contributed by atoms with Gasteiger partial charge in [-0.2, -0.15) is 0 Å². The maximum atomic E-state index is 12.1. The van der Waals surface area contributed by atoms with Crippen LogP contribution in [0.5, 0.6) is 0 Å². The van der Waals surface area contributed by atoms with Crippen LogP contribution < -0.4 is 11.1 Å². The second kappa shape index (κ2) is 5.50. The van der Waals surface area contributed by atoms with Crippen LogP contribution in [0.4, 0.5) is 11.4 Å². The van der Waals surface area contributed by atoms with Crippen molar-refractivity contribution in [1.29, 1.82) is 0 Å². The summed E-state index contributed by atoms with van der Waals surface area (Å²) in [5.74, 6) is -0.0998. The number of aromatic nitrogens is 1. The number of fused-ring (bicyclic) bond motifs is 1. The van der Waals surface area contributed by atoms with Crippen LogP contribution in [0.1, 0.15) is 0 Å². The standard InChI is InChI=1S/C16H14ClN3O/c17-12-2-5-14(6-3-12)19-16(21)10-20-8-7-11-1-4-13(18)9-15(11)20/h1-9H,10,18H2,(H,19,21). The quantitative estimate of drug-likeness (QED) is 0.727. The van der Waals surface area contributed by atoms with Crippen LogP contribution in [0.3, 0.4) is 0 Å². The number of rotatable bonds is 3. The Morgan fingerprint density at radius 3 is 2.67 bits per heavy atom. The van der Waals surface area contributed by atoms with Gasteiger partial charge >= 0.3 is 0 Å². The SMILES string of the molecule is Nc1ccc2ccn(CC(=O)Nc3ccc(Cl)cc3)c2c1. The van der Waals surface area contributed by atoms with Gasteiger partial charge in [-0.25, -0.2) is 0 Å². The van der Waals surface area contributed by atoms with Crippen molar-refractivity contribution < 1.29 is 4.79 Å². The zero-order valence-corrected chi connectivity index (χ0v) is 12.0. The molecule has 1 heterocycles. The highest BCUT2D eigenvalue weighted by atomic mass is 35.5. The first kappa shape index (κ1) is 13.5. The Morgan fingerprint density at radius 2 is 1.90 bits per heavy atom. The molecule has 0 spiro atoms. The molecule has 0 radical (unpaired) electrons. The van der Waals surface area contributed by atoms with E-state index in [1.807, 2.05) is 35.0 Å². The molecule has 4 nitrogen and oxygen atoms in total. The molecule has 3 N–H and O–H groups in total. The second-order valence-electron chi connectivity index (χ2n) is 4.82. The van der Waals surface area contributed by atoms with Crippen molar-refractivity contribution in [2.75, 3.05) is 11.1 Å². The molecule has 5 heteroatoms. The number of carbonyl (C=O) groups excluding carboxylic acids is 1. The molecule has 0 bridgehead atoms. The van der Waals surface area contributed by atoms with E-state index in [1.165, 1.54) is 0 Å². The Bertz CT molecular complexity index is 793. The molecule has 2 aromatic carbocycles. The van der Waals surface area contributed by atoms with E-state index in [2.05, 4.69) is 5.32 Å². The average molecular weight is 300 g/mol. The summed E-state index contributed by atoms with van der Waals surface area (Å²) in [5.41, 5.74) is 8.14. The highest BCUT2D eigenvalue weighted by Crippen LogP contribution is 2.19. The largest absolute Gasteiger partial charge is 0.399 e. The van der Waals surface area contributed by atoms with Crippen LogP contribution in [0, 0.1) is 0 Å². The molecule has 0 aliphatic heterocycles. The van der Waals surface area contributed by atoms with Crippen molar-refractivity contribution >= 4 is 39.8 Å². The fraction of sp³-hybridized carbons (Fsp3) is 0.0625. The highest BCUT2D eigenvalue weighted by molar-refractivity contribution is 6.30. The van der Waals surface area contributed by atoms with Gasteiger partial charge in [0.25, 0.3) is 0 Å². The van der Waals surface area contributed by atoms with E-state index in [-0.39, 0.29) is 12.5 Å². The van der Waals surface area contributed by atoms with Crippen LogP contribution in [0.25, 0.3) is 10.9 Å². The maximum absolute atomic E-state index is 12.1. The summed E-state index contributed by atoms with van der Waals surface area (Å²) in [6.45, 7) is 0.232. The van der Waals surface area contributed by atoms with Gasteiger partial charge in [0.05, 0.1) is 5.52 Å². The van der Waals surface area contributed by atoms with Crippen LogP contribution >= 0.6 is 11.6 Å². The molecule has 0 fully saturated rings. The van der Waals surface area contributed by atoms with E-state index in [1.54, 1.807) is 24.3 Å². The first-order chi connectivity index (χ1) is 10.1. The summed E-state index contributed by atoms with van der Waals surface area (Å²) in [5, 5.41) is 4.53. The molecule has 0 saturated carbocycles. The lowest BCUT2D eigenvalue weighted by molar-refractivity contribution is -0.116. The minimum Gasteiger partial charge on any atom is -0.399 e. The van der Waals surface area contributed by atoms with Gasteiger partial charge in [-0.1, -0.05) is 17.7 Å². The number of carbonyl (C=O) groups is 1. The highest BCUT2D eigenvalue weighted by Gasteiger charge is 2.07. The van der Waals surface area contributed by atoms with Crippen LogP contribution in [0.2, 0.25) is 5.02 Å². The number of benzene rings is 2. The number of nitrogens with one attached hydrogen (secondary N) is 1. The Balaban J connectivity index is 1.77. The lowest BCUT2D eigenvalue weighted by atomic mass is 10.2. The number of nitrogens with two attached hydrogens (primary N) is 1. The van der Waals surface area contributed by atoms with Crippen LogP contribution in [-0.2, 0) is 11.3 Å². The minimum absolute atomic E-state index is 0.0998. The van der Waals surface area contributed by atoms with E-state index in [9.17, 15) is 4.79 Å². The minimum atomic E-state index is -0.0998. The fourth-order valence-electron chi connectivity index (χ4n) is 2.23. The Kier molecular flexibility index (Phi) is 3.54. The first-order valence-corrected chi connectivity index (χ1v) is 6.89. The monoisotopic (exact) mass is 299 g/mol. The van der Waals surface area contributed by atoms with Gasteiger partial charge in [0, 0.05) is 22.6 Å². The molecule has 3 rings (SSSR count). The molecule has 106 valence electrons. The molecular formula is C16H14ClN3O. The van der Waals surface area contributed by atoms with E-state index in [4.69, 9.17) is 17.3 Å². The number of nitrogen functional groups attached to an aromatic ring is 1. The smallest absolute Gasteiger partial charge is 0.244 e. The molecule has 0 saturated heterocycles. The third-order valence-electron chi connectivity index (χ3n) is 3.24. The van der Waals surface area contributed by atoms with Gasteiger partial charge in [-0.3, -0.25) is 4.79 Å². The van der Waals surface area contributed by atoms with Gasteiger partial charge in [0.15, 0.2) is 0 Å². The van der Waals surface area contributed by atoms with Crippen LogP contribution in [-0.4, -0.2) is 10.5 Å². The predicted molar refractivity (Wildman–Crippen MR) is 86.4 cm³/mol. The number of hydrogen-bond donors (Lipinski definition) is 2. The Hall–Kier alpha value is -2.46. The second-order valence-corrected chi connectivity index (χ2v) is 5.25. The van der Waals surface area contributed by atoms with E-state index in [0.717, 1.165) is 16.6 Å². The van der Waals surface area contributed by atoms with Gasteiger partial charge in [-0.15, -0.1) is 0 Å². The van der Waals surface area contributed by atoms with E-state index in [0.29, 0.717) is 10.7 Å². The average Bonchev–Trinajstić information content (AvgIpc) is 2.84. The fourth-order valence-corrected chi connectivity index (χ4v) is 2.35. The van der Waals surface area contributed by atoms with Crippen molar-refractivity contribution in [2.24, 2.45) is 0 Å². The van der Waals surface area contributed by atoms with Crippen molar-refractivity contribution in [3.63, 3.8) is 0 Å². The molecule has 1 aromatic heterocycles. The van der Waals surface area contributed by atoms with Crippen LogP contribution in [0.15, 0.2) is 54.7 Å². The Morgan fingerprint density at radius 1 is 1.14 bits per heavy atom. The molecule has 0 aliphatic carbocycles. The maximum Gasteiger partial charge on any atom is 0.244 e. The van der Waals surface area contributed by atoms with Gasteiger partial charge in [0.2, 0.25) is 5.91 Å². The summed E-state index contributed by atoms with van der Waals surface area (Å²) in [6.07, 6.45) is 1.88. The number of anilines is 2. The van der Waals surface area contributed by atoms with Crippen molar-refractivity contribution in [1.82, 2.24) is 4.57 Å². The molecule has 0 atom stereocenters. The van der Waals surface area contributed by atoms with Gasteiger partial charge in [-0.05, 0) is 47.9 Å². The Labute approximate surface area is 127 Å². The van der Waals surface area contributed by atoms with E-state index >= 15 is 0 Å². The zero-order chi connectivity index (χ0) is 14.8. The number of nitrogens with zero attached hydrogens (tertiary/aromatic N) is 1. The van der Waals surface area contributed by atoms with E-state index < -0.39 is 0 Å². The summed E-state index contributed by atoms with van der Waals surface area (Å²) < 4.78 is 1.87.